The lowest BCUT2D eigenvalue weighted by Gasteiger charge is -2.19. The third-order valence-electron chi connectivity index (χ3n) is 3.27. The number of carbonyl (C=O) groups is 2. The van der Waals surface area contributed by atoms with Crippen molar-refractivity contribution in [2.45, 2.75) is 26.8 Å². The monoisotopic (exact) mass is 323 g/mol. The lowest BCUT2D eigenvalue weighted by atomic mass is 10.0. The van der Waals surface area contributed by atoms with E-state index in [-0.39, 0.29) is 11.5 Å². The molecule has 2 rings (SSSR count). The first-order valence-corrected chi connectivity index (χ1v) is 7.59. The predicted molar refractivity (Wildman–Crippen MR) is 82.2 cm³/mol. The molecule has 0 bridgehead atoms. The number of carbonyl (C=O) groups excluding carboxylic acids is 2. The number of rotatable bonds is 4. The number of amides is 1. The Balaban J connectivity index is 2.37. The molecule has 1 N–H and O–H groups in total. The maximum absolute atomic E-state index is 12.4. The van der Waals surface area contributed by atoms with E-state index >= 15 is 0 Å². The van der Waals surface area contributed by atoms with Gasteiger partial charge in [-0.3, -0.25) is 14.0 Å². The van der Waals surface area contributed by atoms with Crippen molar-refractivity contribution in [1.82, 2.24) is 14.7 Å². The SMILES string of the molecule is COC(=O)[C@H](NC(=O)c1cnc2scc(C)n2c1=O)C(C)C. The van der Waals surface area contributed by atoms with Gasteiger partial charge in [-0.05, 0) is 12.8 Å². The Bertz CT molecular complexity index is 778. The number of nitrogens with zero attached hydrogens (tertiary/aromatic N) is 2. The zero-order chi connectivity index (χ0) is 16.4. The quantitative estimate of drug-likeness (QED) is 0.848. The molecule has 0 spiro atoms. The van der Waals surface area contributed by atoms with Gasteiger partial charge in [0, 0.05) is 17.3 Å². The summed E-state index contributed by atoms with van der Waals surface area (Å²) in [5.74, 6) is -1.36. The van der Waals surface area contributed by atoms with Crippen LogP contribution in [-0.4, -0.2) is 34.4 Å². The number of hydrogen-bond acceptors (Lipinski definition) is 6. The Morgan fingerprint density at radius 2 is 2.09 bits per heavy atom. The molecule has 2 aromatic rings. The molecule has 22 heavy (non-hydrogen) atoms. The number of nitrogens with one attached hydrogen (secondary N) is 1. The first-order valence-electron chi connectivity index (χ1n) is 6.71. The van der Waals surface area contributed by atoms with Crippen LogP contribution in [0.4, 0.5) is 0 Å². The molecule has 0 saturated carbocycles. The Hall–Kier alpha value is -2.22. The smallest absolute Gasteiger partial charge is 0.328 e. The van der Waals surface area contributed by atoms with Crippen LogP contribution in [0.25, 0.3) is 4.96 Å². The maximum atomic E-state index is 12.4. The summed E-state index contributed by atoms with van der Waals surface area (Å²) in [5, 5.41) is 4.33. The minimum atomic E-state index is -0.818. The zero-order valence-corrected chi connectivity index (χ0v) is 13.6. The van der Waals surface area contributed by atoms with Crippen LogP contribution in [0.3, 0.4) is 0 Å². The minimum absolute atomic E-state index is 0.103. The molecule has 2 heterocycles. The third kappa shape index (κ3) is 2.87. The highest BCUT2D eigenvalue weighted by Gasteiger charge is 2.26. The van der Waals surface area contributed by atoms with Gasteiger partial charge in [-0.2, -0.15) is 0 Å². The van der Waals surface area contributed by atoms with Gasteiger partial charge >= 0.3 is 5.97 Å². The van der Waals surface area contributed by atoms with Gasteiger partial charge < -0.3 is 10.1 Å². The summed E-state index contributed by atoms with van der Waals surface area (Å²) >= 11 is 1.32. The molecule has 1 atom stereocenters. The van der Waals surface area contributed by atoms with Crippen molar-refractivity contribution in [2.24, 2.45) is 5.92 Å². The zero-order valence-electron chi connectivity index (χ0n) is 12.7. The van der Waals surface area contributed by atoms with Crippen molar-refractivity contribution in [3.8, 4) is 0 Å². The average molecular weight is 323 g/mol. The van der Waals surface area contributed by atoms with Gasteiger partial charge in [0.1, 0.15) is 11.6 Å². The fraction of sp³-hybridized carbons (Fsp3) is 0.429. The van der Waals surface area contributed by atoms with Gasteiger partial charge in [-0.1, -0.05) is 13.8 Å². The fourth-order valence-electron chi connectivity index (χ4n) is 2.02. The summed E-state index contributed by atoms with van der Waals surface area (Å²) in [6.07, 6.45) is 1.23. The molecular weight excluding hydrogens is 306 g/mol. The number of aromatic nitrogens is 2. The Kier molecular flexibility index (Phi) is 4.60. The van der Waals surface area contributed by atoms with Crippen molar-refractivity contribution < 1.29 is 14.3 Å². The number of ether oxygens (including phenoxy) is 1. The van der Waals surface area contributed by atoms with Crippen molar-refractivity contribution >= 4 is 28.2 Å². The molecule has 0 aliphatic heterocycles. The van der Waals surface area contributed by atoms with Crippen LogP contribution in [0.5, 0.6) is 0 Å². The first kappa shape index (κ1) is 16.2. The van der Waals surface area contributed by atoms with E-state index in [2.05, 4.69) is 15.0 Å². The van der Waals surface area contributed by atoms with Crippen LogP contribution in [0.1, 0.15) is 29.9 Å². The second kappa shape index (κ2) is 6.27. The van der Waals surface area contributed by atoms with Gasteiger partial charge in [0.15, 0.2) is 4.96 Å². The van der Waals surface area contributed by atoms with Crippen LogP contribution in [0.15, 0.2) is 16.4 Å². The van der Waals surface area contributed by atoms with Crippen molar-refractivity contribution in [3.63, 3.8) is 0 Å². The molecule has 0 unspecified atom stereocenters. The van der Waals surface area contributed by atoms with E-state index < -0.39 is 23.5 Å². The van der Waals surface area contributed by atoms with Gasteiger partial charge in [-0.25, -0.2) is 9.78 Å². The average Bonchev–Trinajstić information content (AvgIpc) is 2.86. The topological polar surface area (TPSA) is 89.8 Å². The predicted octanol–water partition coefficient (Wildman–Crippen LogP) is 0.992. The number of hydrogen-bond donors (Lipinski definition) is 1. The largest absolute Gasteiger partial charge is 0.467 e. The standard InChI is InChI=1S/C14H17N3O4S/c1-7(2)10(13(20)21-4)16-11(18)9-5-15-14-17(12(9)19)8(3)6-22-14/h5-7,10H,1-4H3,(H,16,18)/t10-/m1/s1. The van der Waals surface area contributed by atoms with Crippen LogP contribution in [0, 0.1) is 12.8 Å². The highest BCUT2D eigenvalue weighted by molar-refractivity contribution is 7.15. The van der Waals surface area contributed by atoms with E-state index in [4.69, 9.17) is 0 Å². The number of esters is 1. The van der Waals surface area contributed by atoms with E-state index in [1.807, 2.05) is 0 Å². The molecule has 0 radical (unpaired) electrons. The Morgan fingerprint density at radius 1 is 1.41 bits per heavy atom. The highest BCUT2D eigenvalue weighted by Crippen LogP contribution is 2.11. The number of fused-ring (bicyclic) bond motifs is 1. The molecule has 1 amide bonds. The van der Waals surface area contributed by atoms with Gasteiger partial charge in [0.05, 0.1) is 7.11 Å². The molecule has 2 aromatic heterocycles. The minimum Gasteiger partial charge on any atom is -0.467 e. The molecule has 0 aliphatic carbocycles. The fourth-order valence-corrected chi connectivity index (χ4v) is 2.85. The van der Waals surface area contributed by atoms with Crippen LogP contribution in [-0.2, 0) is 9.53 Å². The maximum Gasteiger partial charge on any atom is 0.328 e. The van der Waals surface area contributed by atoms with Gasteiger partial charge in [0.2, 0.25) is 0 Å². The van der Waals surface area contributed by atoms with Crippen LogP contribution < -0.4 is 10.9 Å². The summed E-state index contributed by atoms with van der Waals surface area (Å²) in [6.45, 7) is 5.32. The Labute approximate surface area is 130 Å². The van der Waals surface area contributed by atoms with Crippen molar-refractivity contribution in [1.29, 1.82) is 0 Å². The van der Waals surface area contributed by atoms with E-state index in [0.717, 1.165) is 0 Å². The normalized spacial score (nSPS) is 12.4. The summed E-state index contributed by atoms with van der Waals surface area (Å²) in [5.41, 5.74) is 0.155. The number of thiazole rings is 1. The molecule has 0 fully saturated rings. The van der Waals surface area contributed by atoms with E-state index in [1.165, 1.54) is 29.0 Å². The summed E-state index contributed by atoms with van der Waals surface area (Å²) in [6, 6.07) is -0.818. The van der Waals surface area contributed by atoms with Crippen molar-refractivity contribution in [2.75, 3.05) is 7.11 Å². The van der Waals surface area contributed by atoms with Crippen molar-refractivity contribution in [3.05, 3.63) is 33.2 Å². The second-order valence-electron chi connectivity index (χ2n) is 5.19. The lowest BCUT2D eigenvalue weighted by molar-refractivity contribution is -0.144. The number of aryl methyl sites for hydroxylation is 1. The molecule has 0 aliphatic rings. The molecule has 0 saturated heterocycles. The van der Waals surface area contributed by atoms with Crippen LogP contribution in [0.2, 0.25) is 0 Å². The molecule has 118 valence electrons. The number of methoxy groups -OCH3 is 1. The van der Waals surface area contributed by atoms with E-state index in [1.54, 1.807) is 26.2 Å². The molecule has 8 heteroatoms. The van der Waals surface area contributed by atoms with E-state index in [0.29, 0.717) is 10.7 Å². The summed E-state index contributed by atoms with van der Waals surface area (Å²) < 4.78 is 6.04. The lowest BCUT2D eigenvalue weighted by Crippen LogP contribution is -2.46. The summed E-state index contributed by atoms with van der Waals surface area (Å²) in [7, 11) is 1.25. The second-order valence-corrected chi connectivity index (χ2v) is 6.03. The highest BCUT2D eigenvalue weighted by atomic mass is 32.1. The van der Waals surface area contributed by atoms with Gasteiger partial charge in [0.25, 0.3) is 11.5 Å². The third-order valence-corrected chi connectivity index (χ3v) is 4.23. The molecular formula is C14H17N3O4S. The van der Waals surface area contributed by atoms with Gasteiger partial charge in [-0.15, -0.1) is 11.3 Å². The first-order chi connectivity index (χ1) is 10.4. The van der Waals surface area contributed by atoms with E-state index in [9.17, 15) is 14.4 Å². The van der Waals surface area contributed by atoms with Crippen LogP contribution >= 0.6 is 11.3 Å². The Morgan fingerprint density at radius 3 is 2.68 bits per heavy atom. The molecule has 7 nitrogen and oxygen atoms in total. The summed E-state index contributed by atoms with van der Waals surface area (Å²) in [4.78, 5) is 41.0. The molecule has 0 aromatic carbocycles.